The number of nitrogens with one attached hydrogen (secondary N) is 1. The Morgan fingerprint density at radius 2 is 1.65 bits per heavy atom. The lowest BCUT2D eigenvalue weighted by Crippen LogP contribution is -2.21. The summed E-state index contributed by atoms with van der Waals surface area (Å²) in [5.74, 6) is 1.66. The second-order valence-corrected chi connectivity index (χ2v) is 6.94. The molecule has 0 bridgehead atoms. The van der Waals surface area contributed by atoms with E-state index in [0.717, 1.165) is 41.8 Å². The summed E-state index contributed by atoms with van der Waals surface area (Å²) in [6, 6.07) is 18.8. The highest BCUT2D eigenvalue weighted by Crippen LogP contribution is 2.27. The van der Waals surface area contributed by atoms with Crippen LogP contribution in [0.3, 0.4) is 0 Å². The van der Waals surface area contributed by atoms with Crippen LogP contribution in [0.15, 0.2) is 54.6 Å². The molecule has 132 valence electrons. The Morgan fingerprint density at radius 3 is 2.38 bits per heavy atom. The number of anilines is 3. The third kappa shape index (κ3) is 3.54. The van der Waals surface area contributed by atoms with Crippen LogP contribution in [0.1, 0.15) is 24.0 Å². The fourth-order valence-corrected chi connectivity index (χ4v) is 3.41. The minimum Gasteiger partial charge on any atom is -0.341 e. The fraction of sp³-hybridized carbons (Fsp3) is 0.273. The lowest BCUT2D eigenvalue weighted by Gasteiger charge is -2.18. The van der Waals surface area contributed by atoms with Gasteiger partial charge in [0.05, 0.1) is 5.69 Å². The number of aromatic nitrogens is 2. The van der Waals surface area contributed by atoms with E-state index in [4.69, 9.17) is 9.97 Å². The van der Waals surface area contributed by atoms with Crippen molar-refractivity contribution in [3.63, 3.8) is 0 Å². The number of hydrogen-bond donors (Lipinski definition) is 1. The molecule has 0 radical (unpaired) electrons. The highest BCUT2D eigenvalue weighted by atomic mass is 15.3. The number of nitrogens with zero attached hydrogens (tertiary/aromatic N) is 3. The second kappa shape index (κ2) is 7.16. The van der Waals surface area contributed by atoms with Gasteiger partial charge in [0.1, 0.15) is 5.82 Å². The van der Waals surface area contributed by atoms with E-state index in [0.29, 0.717) is 0 Å². The number of benzene rings is 2. The van der Waals surface area contributed by atoms with E-state index in [1.165, 1.54) is 24.0 Å². The Bertz CT molecular complexity index is 899. The van der Waals surface area contributed by atoms with Crippen LogP contribution < -0.4 is 10.2 Å². The molecular weight excluding hydrogens is 320 g/mol. The van der Waals surface area contributed by atoms with Gasteiger partial charge in [-0.2, -0.15) is 4.98 Å². The largest absolute Gasteiger partial charge is 0.341 e. The van der Waals surface area contributed by atoms with Crippen molar-refractivity contribution in [2.45, 2.75) is 26.7 Å². The molecule has 1 fully saturated rings. The molecule has 0 spiro atoms. The van der Waals surface area contributed by atoms with Gasteiger partial charge in [0.25, 0.3) is 0 Å². The zero-order valence-corrected chi connectivity index (χ0v) is 15.4. The zero-order valence-electron chi connectivity index (χ0n) is 15.4. The third-order valence-electron chi connectivity index (χ3n) is 4.82. The van der Waals surface area contributed by atoms with Gasteiger partial charge in [-0.1, -0.05) is 48.0 Å². The molecule has 0 atom stereocenters. The molecule has 2 aromatic carbocycles. The van der Waals surface area contributed by atoms with E-state index in [9.17, 15) is 0 Å². The van der Waals surface area contributed by atoms with E-state index in [-0.39, 0.29) is 0 Å². The monoisotopic (exact) mass is 344 g/mol. The van der Waals surface area contributed by atoms with E-state index in [2.05, 4.69) is 54.4 Å². The van der Waals surface area contributed by atoms with Crippen LogP contribution in [0, 0.1) is 13.8 Å². The van der Waals surface area contributed by atoms with Crippen molar-refractivity contribution >= 4 is 17.5 Å². The first-order chi connectivity index (χ1) is 12.7. The Kier molecular flexibility index (Phi) is 4.57. The third-order valence-corrected chi connectivity index (χ3v) is 4.82. The van der Waals surface area contributed by atoms with Crippen molar-refractivity contribution in [3.05, 3.63) is 65.7 Å². The zero-order chi connectivity index (χ0) is 17.9. The Morgan fingerprint density at radius 1 is 0.885 bits per heavy atom. The second-order valence-electron chi connectivity index (χ2n) is 6.94. The standard InChI is InChI=1S/C22H24N4/c1-16-10-11-19(17(2)14-16)23-21-15-20(18-8-4-3-5-9-18)24-22(25-21)26-12-6-7-13-26/h3-5,8-11,14-15H,6-7,12-13H2,1-2H3,(H,23,24,25). The van der Waals surface area contributed by atoms with Gasteiger partial charge < -0.3 is 10.2 Å². The summed E-state index contributed by atoms with van der Waals surface area (Å²) in [6.45, 7) is 6.29. The van der Waals surface area contributed by atoms with Gasteiger partial charge in [-0.15, -0.1) is 0 Å². The van der Waals surface area contributed by atoms with Crippen LogP contribution >= 0.6 is 0 Å². The molecule has 0 aliphatic carbocycles. The van der Waals surface area contributed by atoms with Crippen molar-refractivity contribution in [1.82, 2.24) is 9.97 Å². The summed E-state index contributed by atoms with van der Waals surface area (Å²) in [7, 11) is 0. The Labute approximate surface area is 154 Å². The minimum atomic E-state index is 0.816. The van der Waals surface area contributed by atoms with Gasteiger partial charge in [0, 0.05) is 30.4 Å². The lowest BCUT2D eigenvalue weighted by molar-refractivity contribution is 0.902. The smallest absolute Gasteiger partial charge is 0.227 e. The molecular formula is C22H24N4. The van der Waals surface area contributed by atoms with Gasteiger partial charge in [-0.3, -0.25) is 0 Å². The molecule has 1 N–H and O–H groups in total. The van der Waals surface area contributed by atoms with Crippen LogP contribution in [0.4, 0.5) is 17.5 Å². The quantitative estimate of drug-likeness (QED) is 0.714. The van der Waals surface area contributed by atoms with Crippen molar-refractivity contribution < 1.29 is 0 Å². The average molecular weight is 344 g/mol. The first-order valence-electron chi connectivity index (χ1n) is 9.23. The van der Waals surface area contributed by atoms with Crippen molar-refractivity contribution in [2.75, 3.05) is 23.3 Å². The van der Waals surface area contributed by atoms with Crippen LogP contribution in [0.5, 0.6) is 0 Å². The lowest BCUT2D eigenvalue weighted by atomic mass is 10.1. The van der Waals surface area contributed by atoms with E-state index >= 15 is 0 Å². The molecule has 4 nitrogen and oxygen atoms in total. The molecule has 26 heavy (non-hydrogen) atoms. The molecule has 1 aliphatic rings. The molecule has 2 heterocycles. The maximum atomic E-state index is 4.84. The molecule has 3 aromatic rings. The van der Waals surface area contributed by atoms with E-state index in [1.807, 2.05) is 24.3 Å². The maximum absolute atomic E-state index is 4.84. The van der Waals surface area contributed by atoms with Gasteiger partial charge in [-0.05, 0) is 38.3 Å². The predicted octanol–water partition coefficient (Wildman–Crippen LogP) is 5.10. The SMILES string of the molecule is Cc1ccc(Nc2cc(-c3ccccc3)nc(N3CCCC3)n2)c(C)c1. The highest BCUT2D eigenvalue weighted by Gasteiger charge is 2.17. The fourth-order valence-electron chi connectivity index (χ4n) is 3.41. The van der Waals surface area contributed by atoms with Crippen LogP contribution in [-0.2, 0) is 0 Å². The van der Waals surface area contributed by atoms with Crippen molar-refractivity contribution in [3.8, 4) is 11.3 Å². The number of rotatable bonds is 4. The predicted molar refractivity (Wildman–Crippen MR) is 108 cm³/mol. The average Bonchev–Trinajstić information content (AvgIpc) is 3.19. The van der Waals surface area contributed by atoms with Crippen LogP contribution in [0.25, 0.3) is 11.3 Å². The Hall–Kier alpha value is -2.88. The molecule has 4 heteroatoms. The van der Waals surface area contributed by atoms with Gasteiger partial charge in [0.15, 0.2) is 0 Å². The minimum absolute atomic E-state index is 0.816. The summed E-state index contributed by atoms with van der Waals surface area (Å²) in [6.07, 6.45) is 2.41. The first-order valence-corrected chi connectivity index (χ1v) is 9.23. The summed E-state index contributed by atoms with van der Waals surface area (Å²) in [4.78, 5) is 11.9. The Balaban J connectivity index is 1.74. The summed E-state index contributed by atoms with van der Waals surface area (Å²) in [5, 5.41) is 3.50. The van der Waals surface area contributed by atoms with E-state index < -0.39 is 0 Å². The van der Waals surface area contributed by atoms with Crippen molar-refractivity contribution in [2.24, 2.45) is 0 Å². The molecule has 1 aliphatic heterocycles. The van der Waals surface area contributed by atoms with Crippen LogP contribution in [-0.4, -0.2) is 23.1 Å². The van der Waals surface area contributed by atoms with Gasteiger partial charge in [0.2, 0.25) is 5.95 Å². The van der Waals surface area contributed by atoms with Crippen molar-refractivity contribution in [1.29, 1.82) is 0 Å². The van der Waals surface area contributed by atoms with Gasteiger partial charge >= 0.3 is 0 Å². The normalized spacial score (nSPS) is 13.8. The number of aryl methyl sites for hydroxylation is 2. The number of hydrogen-bond acceptors (Lipinski definition) is 4. The molecule has 1 aromatic heterocycles. The van der Waals surface area contributed by atoms with Gasteiger partial charge in [-0.25, -0.2) is 4.98 Å². The van der Waals surface area contributed by atoms with E-state index in [1.54, 1.807) is 0 Å². The summed E-state index contributed by atoms with van der Waals surface area (Å²) in [5.41, 5.74) is 5.63. The summed E-state index contributed by atoms with van der Waals surface area (Å²) >= 11 is 0. The summed E-state index contributed by atoms with van der Waals surface area (Å²) < 4.78 is 0. The topological polar surface area (TPSA) is 41.1 Å². The first kappa shape index (κ1) is 16.6. The highest BCUT2D eigenvalue weighted by molar-refractivity contribution is 5.68. The molecule has 0 unspecified atom stereocenters. The molecule has 1 saturated heterocycles. The molecule has 4 rings (SSSR count). The van der Waals surface area contributed by atoms with Crippen LogP contribution in [0.2, 0.25) is 0 Å². The molecule has 0 amide bonds. The maximum Gasteiger partial charge on any atom is 0.227 e. The molecule has 0 saturated carbocycles.